The number of carboxylic acids is 1. The third-order valence-electron chi connectivity index (χ3n) is 5.45. The van der Waals surface area contributed by atoms with Crippen molar-refractivity contribution in [3.05, 3.63) is 71.7 Å². The minimum Gasteiger partial charge on any atom is -0.481 e. The van der Waals surface area contributed by atoms with Crippen molar-refractivity contribution in [2.24, 2.45) is 0 Å². The number of benzene rings is 2. The van der Waals surface area contributed by atoms with Crippen LogP contribution in [0.3, 0.4) is 0 Å². The van der Waals surface area contributed by atoms with Crippen LogP contribution in [-0.2, 0) is 17.8 Å². The predicted molar refractivity (Wildman–Crippen MR) is 110 cm³/mol. The van der Waals surface area contributed by atoms with Crippen molar-refractivity contribution in [2.75, 3.05) is 11.9 Å². The largest absolute Gasteiger partial charge is 0.481 e. The van der Waals surface area contributed by atoms with Crippen LogP contribution in [0.4, 0.5) is 10.1 Å². The molecule has 0 fully saturated rings. The molecule has 2 N–H and O–H groups in total. The maximum absolute atomic E-state index is 14.0. The average molecular weight is 387 g/mol. The van der Waals surface area contributed by atoms with Gasteiger partial charge in [0.05, 0.1) is 12.1 Å². The molecule has 2 aromatic heterocycles. The number of H-pyrrole nitrogens is 1. The highest BCUT2D eigenvalue weighted by molar-refractivity contribution is 6.03. The van der Waals surface area contributed by atoms with Gasteiger partial charge in [-0.1, -0.05) is 24.3 Å². The second kappa shape index (κ2) is 6.44. The van der Waals surface area contributed by atoms with Gasteiger partial charge in [0.1, 0.15) is 11.5 Å². The smallest absolute Gasteiger partial charge is 0.307 e. The van der Waals surface area contributed by atoms with Crippen molar-refractivity contribution >= 4 is 22.7 Å². The maximum atomic E-state index is 14.0. The van der Waals surface area contributed by atoms with Crippen LogP contribution in [0.5, 0.6) is 0 Å². The normalized spacial score (nSPS) is 12.7. The van der Waals surface area contributed by atoms with Gasteiger partial charge >= 0.3 is 5.97 Å². The van der Waals surface area contributed by atoms with E-state index in [1.54, 1.807) is 12.3 Å². The van der Waals surface area contributed by atoms with Crippen molar-refractivity contribution in [3.8, 4) is 22.4 Å². The highest BCUT2D eigenvalue weighted by atomic mass is 19.1. The molecule has 144 valence electrons. The number of aliphatic carboxylic acids is 1. The molecule has 0 radical (unpaired) electrons. The summed E-state index contributed by atoms with van der Waals surface area (Å²) >= 11 is 0. The summed E-state index contributed by atoms with van der Waals surface area (Å²) in [6.45, 7) is 0.642. The van der Waals surface area contributed by atoms with Gasteiger partial charge in [0.15, 0.2) is 0 Å². The average Bonchev–Trinajstić information content (AvgIpc) is 3.00. The van der Waals surface area contributed by atoms with Gasteiger partial charge in [0, 0.05) is 42.0 Å². The Labute approximate surface area is 166 Å². The summed E-state index contributed by atoms with van der Waals surface area (Å²) in [7, 11) is 1.99. The minimum absolute atomic E-state index is 0.00481. The van der Waals surface area contributed by atoms with Gasteiger partial charge in [-0.25, -0.2) is 9.37 Å². The zero-order valence-corrected chi connectivity index (χ0v) is 15.7. The standard InChI is InChI=1S/C23H18FN3O2/c1-27-12-18-21-16(17-11-15(24)6-7-19(17)27)8-9-25-23(21)26-22(18)14-4-2-13(3-5-14)10-20(28)29/h2-9,11H,10,12H2,1H3,(H,25,26)(H,28,29). The number of anilines is 1. The number of nitrogens with one attached hydrogen (secondary N) is 1. The third-order valence-corrected chi connectivity index (χ3v) is 5.45. The molecule has 3 heterocycles. The number of aromatic nitrogens is 2. The zero-order chi connectivity index (χ0) is 20.1. The maximum Gasteiger partial charge on any atom is 0.307 e. The first-order valence-corrected chi connectivity index (χ1v) is 9.33. The summed E-state index contributed by atoms with van der Waals surface area (Å²) in [4.78, 5) is 21.0. The third kappa shape index (κ3) is 2.84. The topological polar surface area (TPSA) is 69.2 Å². The second-order valence-electron chi connectivity index (χ2n) is 7.35. The Balaban J connectivity index is 1.71. The summed E-state index contributed by atoms with van der Waals surface area (Å²) < 4.78 is 14.0. The van der Waals surface area contributed by atoms with E-state index in [4.69, 9.17) is 5.11 Å². The van der Waals surface area contributed by atoms with E-state index in [1.165, 1.54) is 6.07 Å². The summed E-state index contributed by atoms with van der Waals surface area (Å²) in [6, 6.07) is 14.3. The van der Waals surface area contributed by atoms with Crippen molar-refractivity contribution < 1.29 is 14.3 Å². The molecule has 0 saturated heterocycles. The van der Waals surface area contributed by atoms with Gasteiger partial charge in [0.2, 0.25) is 0 Å². The first kappa shape index (κ1) is 17.4. The van der Waals surface area contributed by atoms with Crippen molar-refractivity contribution in [3.63, 3.8) is 0 Å². The Morgan fingerprint density at radius 2 is 1.97 bits per heavy atom. The van der Waals surface area contributed by atoms with E-state index in [-0.39, 0.29) is 12.2 Å². The van der Waals surface area contributed by atoms with E-state index >= 15 is 0 Å². The molecule has 1 aliphatic rings. The predicted octanol–water partition coefficient (Wildman–Crippen LogP) is 4.61. The first-order valence-electron chi connectivity index (χ1n) is 9.33. The monoisotopic (exact) mass is 387 g/mol. The van der Waals surface area contributed by atoms with Crippen LogP contribution in [0.15, 0.2) is 54.7 Å². The zero-order valence-electron chi connectivity index (χ0n) is 15.7. The van der Waals surface area contributed by atoms with E-state index < -0.39 is 5.97 Å². The Kier molecular flexibility index (Phi) is 3.87. The molecule has 0 atom stereocenters. The molecule has 0 aliphatic carbocycles. The van der Waals surface area contributed by atoms with Crippen LogP contribution in [0.2, 0.25) is 0 Å². The second-order valence-corrected chi connectivity index (χ2v) is 7.35. The molecule has 2 aromatic carbocycles. The van der Waals surface area contributed by atoms with Gasteiger partial charge in [0.25, 0.3) is 0 Å². The number of halogens is 1. The van der Waals surface area contributed by atoms with Crippen LogP contribution in [0.25, 0.3) is 33.4 Å². The number of aromatic amines is 1. The van der Waals surface area contributed by atoms with E-state index in [9.17, 15) is 9.18 Å². The molecule has 0 amide bonds. The lowest BCUT2D eigenvalue weighted by Crippen LogP contribution is -2.16. The van der Waals surface area contributed by atoms with E-state index in [0.29, 0.717) is 6.54 Å². The van der Waals surface area contributed by atoms with Crippen LogP contribution in [-0.4, -0.2) is 28.1 Å². The number of carbonyl (C=O) groups is 1. The lowest BCUT2D eigenvalue weighted by atomic mass is 9.99. The van der Waals surface area contributed by atoms with Gasteiger partial charge in [-0.3, -0.25) is 4.79 Å². The number of hydrogen-bond donors (Lipinski definition) is 2. The summed E-state index contributed by atoms with van der Waals surface area (Å²) in [5, 5.41) is 9.98. The Morgan fingerprint density at radius 3 is 2.72 bits per heavy atom. The fraction of sp³-hybridized carbons (Fsp3) is 0.130. The fourth-order valence-corrected chi connectivity index (χ4v) is 4.15. The van der Waals surface area contributed by atoms with E-state index in [0.717, 1.165) is 50.2 Å². The van der Waals surface area contributed by atoms with Gasteiger partial charge in [-0.05, 0) is 41.0 Å². The highest BCUT2D eigenvalue weighted by Crippen LogP contribution is 2.43. The van der Waals surface area contributed by atoms with Gasteiger partial charge in [-0.2, -0.15) is 0 Å². The summed E-state index contributed by atoms with van der Waals surface area (Å²) in [6.07, 6.45) is 1.73. The number of nitrogens with zero attached hydrogens (tertiary/aromatic N) is 2. The van der Waals surface area contributed by atoms with E-state index in [1.807, 2.05) is 43.4 Å². The molecule has 0 saturated carbocycles. The molecular formula is C23H18FN3O2. The lowest BCUT2D eigenvalue weighted by molar-refractivity contribution is -0.136. The number of rotatable bonds is 3. The quantitative estimate of drug-likeness (QED) is 0.539. The van der Waals surface area contributed by atoms with Crippen molar-refractivity contribution in [2.45, 2.75) is 13.0 Å². The molecule has 6 heteroatoms. The molecule has 0 bridgehead atoms. The summed E-state index contributed by atoms with van der Waals surface area (Å²) in [5.41, 5.74) is 7.28. The molecule has 5 nitrogen and oxygen atoms in total. The lowest BCUT2D eigenvalue weighted by Gasteiger charge is -2.20. The van der Waals surface area contributed by atoms with Crippen LogP contribution in [0, 0.1) is 5.82 Å². The van der Waals surface area contributed by atoms with Crippen LogP contribution in [0.1, 0.15) is 11.1 Å². The van der Waals surface area contributed by atoms with Crippen molar-refractivity contribution in [1.82, 2.24) is 9.97 Å². The van der Waals surface area contributed by atoms with Gasteiger partial charge < -0.3 is 15.0 Å². The molecule has 29 heavy (non-hydrogen) atoms. The summed E-state index contributed by atoms with van der Waals surface area (Å²) in [5.74, 6) is -1.12. The fourth-order valence-electron chi connectivity index (χ4n) is 4.15. The molecular weight excluding hydrogens is 369 g/mol. The van der Waals surface area contributed by atoms with Crippen molar-refractivity contribution in [1.29, 1.82) is 0 Å². The molecule has 4 aromatic rings. The van der Waals surface area contributed by atoms with Gasteiger partial charge in [-0.15, -0.1) is 0 Å². The molecule has 0 unspecified atom stereocenters. The number of hydrogen-bond acceptors (Lipinski definition) is 3. The minimum atomic E-state index is -0.851. The molecule has 5 rings (SSSR count). The highest BCUT2D eigenvalue weighted by Gasteiger charge is 2.25. The van der Waals surface area contributed by atoms with Crippen LogP contribution >= 0.6 is 0 Å². The Bertz CT molecular complexity index is 1260. The Hall–Kier alpha value is -3.67. The Morgan fingerprint density at radius 1 is 1.17 bits per heavy atom. The molecule has 1 aliphatic heterocycles. The van der Waals surface area contributed by atoms with Crippen LogP contribution < -0.4 is 4.90 Å². The SMILES string of the molecule is CN1Cc2c(-c3ccc(CC(=O)O)cc3)[nH]c3nccc(c23)-c2cc(F)ccc21. The number of carboxylic acid groups (broad SMARTS) is 1. The first-order chi connectivity index (χ1) is 14.0. The van der Waals surface area contributed by atoms with E-state index in [2.05, 4.69) is 14.9 Å². The molecule has 0 spiro atoms. The number of fused-ring (bicyclic) bond motifs is 2. The number of pyridine rings is 1.